The zero-order valence-corrected chi connectivity index (χ0v) is 10.9. The van der Waals surface area contributed by atoms with E-state index in [9.17, 15) is 4.79 Å². The van der Waals surface area contributed by atoms with Crippen molar-refractivity contribution in [2.24, 2.45) is 0 Å². The van der Waals surface area contributed by atoms with Crippen molar-refractivity contribution in [3.8, 4) is 0 Å². The predicted molar refractivity (Wildman–Crippen MR) is 71.4 cm³/mol. The topological polar surface area (TPSA) is 17.1 Å². The van der Waals surface area contributed by atoms with Gasteiger partial charge in [-0.15, -0.1) is 0 Å². The maximum atomic E-state index is 10.1. The van der Waals surface area contributed by atoms with Gasteiger partial charge in [-0.1, -0.05) is 77.6 Å². The fraction of sp³-hybridized carbons (Fsp3) is 0.867. The van der Waals surface area contributed by atoms with E-state index >= 15 is 0 Å². The maximum Gasteiger partial charge on any atom is 0.119 e. The van der Waals surface area contributed by atoms with Gasteiger partial charge >= 0.3 is 0 Å². The monoisotopic (exact) mass is 225 g/mol. The molecule has 0 rings (SSSR count). The lowest BCUT2D eigenvalue weighted by Crippen LogP contribution is -1.83. The lowest BCUT2D eigenvalue weighted by atomic mass is 10.0. The van der Waals surface area contributed by atoms with Crippen molar-refractivity contribution < 1.29 is 4.79 Å². The van der Waals surface area contributed by atoms with Crippen LogP contribution in [0.1, 0.15) is 83.5 Å². The van der Waals surface area contributed by atoms with Crippen LogP contribution in [0.5, 0.6) is 0 Å². The Labute approximate surface area is 102 Å². The molecule has 0 atom stereocenters. The van der Waals surface area contributed by atoms with Gasteiger partial charge < -0.3 is 4.79 Å². The highest BCUT2D eigenvalue weighted by molar-refractivity contribution is 5.48. The molecule has 0 aliphatic rings. The number of carbonyl (C=O) groups is 1. The van der Waals surface area contributed by atoms with Crippen molar-refractivity contribution in [1.82, 2.24) is 0 Å². The average Bonchev–Trinajstić information content (AvgIpc) is 2.31. The minimum absolute atomic E-state index is 0.756. The molecule has 95 valence electrons. The summed E-state index contributed by atoms with van der Waals surface area (Å²) in [7, 11) is 0. The van der Waals surface area contributed by atoms with Crippen LogP contribution in [0.15, 0.2) is 0 Å². The van der Waals surface area contributed by atoms with Crippen LogP contribution in [0.3, 0.4) is 0 Å². The Hall–Kier alpha value is -0.330. The second kappa shape index (κ2) is 14.7. The minimum Gasteiger partial charge on any atom is -0.303 e. The van der Waals surface area contributed by atoms with E-state index in [1.165, 1.54) is 64.2 Å². The first-order valence-corrected chi connectivity index (χ1v) is 7.14. The molecule has 0 saturated heterocycles. The molecule has 0 bridgehead atoms. The van der Waals surface area contributed by atoms with E-state index in [1.807, 2.05) is 0 Å². The van der Waals surface area contributed by atoms with Crippen LogP contribution >= 0.6 is 0 Å². The molecule has 0 spiro atoms. The number of aldehydes is 1. The SMILES string of the molecule is [CH2]CCCCCCCCCCCCCC=O. The van der Waals surface area contributed by atoms with Crippen LogP contribution < -0.4 is 0 Å². The van der Waals surface area contributed by atoms with Crippen molar-refractivity contribution in [2.75, 3.05) is 0 Å². The largest absolute Gasteiger partial charge is 0.303 e. The Morgan fingerprint density at radius 2 is 1.00 bits per heavy atom. The smallest absolute Gasteiger partial charge is 0.119 e. The number of carbonyl (C=O) groups excluding carboxylic acids is 1. The van der Waals surface area contributed by atoms with Crippen molar-refractivity contribution in [3.63, 3.8) is 0 Å². The van der Waals surface area contributed by atoms with Gasteiger partial charge in [0.05, 0.1) is 0 Å². The maximum absolute atomic E-state index is 10.1. The van der Waals surface area contributed by atoms with E-state index in [-0.39, 0.29) is 0 Å². The molecule has 0 amide bonds. The lowest BCUT2D eigenvalue weighted by molar-refractivity contribution is -0.107. The summed E-state index contributed by atoms with van der Waals surface area (Å²) in [6.45, 7) is 3.85. The Balaban J connectivity index is 2.85. The molecule has 16 heavy (non-hydrogen) atoms. The molecule has 0 aliphatic carbocycles. The molecule has 0 fully saturated rings. The lowest BCUT2D eigenvalue weighted by Gasteiger charge is -2.01. The van der Waals surface area contributed by atoms with Crippen LogP contribution in [0.4, 0.5) is 0 Å². The van der Waals surface area contributed by atoms with Crippen molar-refractivity contribution in [3.05, 3.63) is 6.92 Å². The summed E-state index contributed by atoms with van der Waals surface area (Å²) in [5, 5.41) is 0. The van der Waals surface area contributed by atoms with E-state index in [0.717, 1.165) is 25.5 Å². The number of hydrogen-bond acceptors (Lipinski definition) is 1. The van der Waals surface area contributed by atoms with E-state index in [1.54, 1.807) is 0 Å². The molecule has 0 heterocycles. The van der Waals surface area contributed by atoms with Crippen molar-refractivity contribution in [2.45, 2.75) is 83.5 Å². The molecule has 0 N–H and O–H groups in total. The molecule has 1 heteroatoms. The zero-order chi connectivity index (χ0) is 11.9. The fourth-order valence-corrected chi connectivity index (χ4v) is 2.00. The third-order valence-corrected chi connectivity index (χ3v) is 3.07. The normalized spacial score (nSPS) is 10.6. The van der Waals surface area contributed by atoms with Gasteiger partial charge in [0.15, 0.2) is 0 Å². The molecule has 0 aromatic carbocycles. The van der Waals surface area contributed by atoms with Gasteiger partial charge in [0.25, 0.3) is 0 Å². The third-order valence-electron chi connectivity index (χ3n) is 3.07. The summed E-state index contributed by atoms with van der Waals surface area (Å²) < 4.78 is 0. The molecule has 0 aliphatic heterocycles. The summed E-state index contributed by atoms with van der Waals surface area (Å²) in [6.07, 6.45) is 17.6. The summed E-state index contributed by atoms with van der Waals surface area (Å²) in [4.78, 5) is 10.1. The first-order valence-electron chi connectivity index (χ1n) is 7.14. The second-order valence-electron chi connectivity index (χ2n) is 4.70. The van der Waals surface area contributed by atoms with Gasteiger partial charge in [0, 0.05) is 6.42 Å². The molecule has 1 nitrogen and oxygen atoms in total. The molecular formula is C15H29O. The minimum atomic E-state index is 0.756. The van der Waals surface area contributed by atoms with Gasteiger partial charge in [-0.2, -0.15) is 0 Å². The summed E-state index contributed by atoms with van der Waals surface area (Å²) in [5.74, 6) is 0. The number of rotatable bonds is 13. The second-order valence-corrected chi connectivity index (χ2v) is 4.70. The first kappa shape index (κ1) is 15.7. The number of hydrogen-bond donors (Lipinski definition) is 0. The Morgan fingerprint density at radius 1 is 0.625 bits per heavy atom. The molecule has 1 radical (unpaired) electrons. The van der Waals surface area contributed by atoms with Gasteiger partial charge in [-0.05, 0) is 6.42 Å². The van der Waals surface area contributed by atoms with E-state index in [0.29, 0.717) is 0 Å². The highest BCUT2D eigenvalue weighted by Crippen LogP contribution is 2.11. The average molecular weight is 225 g/mol. The quantitative estimate of drug-likeness (QED) is 0.315. The van der Waals surface area contributed by atoms with Gasteiger partial charge in [-0.25, -0.2) is 0 Å². The zero-order valence-electron chi connectivity index (χ0n) is 10.9. The van der Waals surface area contributed by atoms with E-state index in [4.69, 9.17) is 0 Å². The fourth-order valence-electron chi connectivity index (χ4n) is 2.00. The van der Waals surface area contributed by atoms with Gasteiger partial charge in [0.1, 0.15) is 6.29 Å². The molecule has 0 aromatic rings. The van der Waals surface area contributed by atoms with Gasteiger partial charge in [-0.3, -0.25) is 0 Å². The molecule has 0 unspecified atom stereocenters. The van der Waals surface area contributed by atoms with Crippen LogP contribution in [-0.2, 0) is 4.79 Å². The molecular weight excluding hydrogens is 196 g/mol. The van der Waals surface area contributed by atoms with Crippen LogP contribution in [0.2, 0.25) is 0 Å². The summed E-state index contributed by atoms with van der Waals surface area (Å²) in [5.41, 5.74) is 0. The van der Waals surface area contributed by atoms with Crippen molar-refractivity contribution >= 4 is 6.29 Å². The van der Waals surface area contributed by atoms with E-state index in [2.05, 4.69) is 6.92 Å². The highest BCUT2D eigenvalue weighted by Gasteiger charge is 1.92. The van der Waals surface area contributed by atoms with E-state index < -0.39 is 0 Å². The van der Waals surface area contributed by atoms with Crippen LogP contribution in [0.25, 0.3) is 0 Å². The first-order chi connectivity index (χ1) is 7.91. The Bertz CT molecular complexity index is 131. The van der Waals surface area contributed by atoms with Crippen LogP contribution in [-0.4, -0.2) is 6.29 Å². The number of unbranched alkanes of at least 4 members (excludes halogenated alkanes) is 12. The molecule has 0 saturated carbocycles. The highest BCUT2D eigenvalue weighted by atomic mass is 16.1. The third kappa shape index (κ3) is 13.7. The summed E-state index contributed by atoms with van der Waals surface area (Å²) in [6, 6.07) is 0. The Kier molecular flexibility index (Phi) is 14.4. The van der Waals surface area contributed by atoms with Gasteiger partial charge in [0.2, 0.25) is 0 Å². The summed E-state index contributed by atoms with van der Waals surface area (Å²) >= 11 is 0. The Morgan fingerprint density at radius 3 is 1.38 bits per heavy atom. The van der Waals surface area contributed by atoms with Crippen molar-refractivity contribution in [1.29, 1.82) is 0 Å². The standard InChI is InChI=1S/C15H29O/c1-2-3-4-5-6-7-8-9-10-11-12-13-14-15-16/h15H,1-14H2. The predicted octanol–water partition coefficient (Wildman–Crippen LogP) is 5.09. The van der Waals surface area contributed by atoms with Crippen LogP contribution in [0, 0.1) is 6.92 Å². The molecule has 0 aromatic heterocycles.